The van der Waals surface area contributed by atoms with Crippen molar-refractivity contribution < 1.29 is 9.90 Å². The zero-order valence-electron chi connectivity index (χ0n) is 9.64. The number of hydrogen-bond donors (Lipinski definition) is 1. The van der Waals surface area contributed by atoms with E-state index in [-0.39, 0.29) is 6.04 Å². The van der Waals surface area contributed by atoms with Crippen LogP contribution in [0.5, 0.6) is 0 Å². The van der Waals surface area contributed by atoms with Crippen LogP contribution >= 0.6 is 15.9 Å². The molecule has 0 saturated carbocycles. The van der Waals surface area contributed by atoms with Gasteiger partial charge in [-0.15, -0.1) is 0 Å². The molecule has 0 aliphatic carbocycles. The van der Waals surface area contributed by atoms with E-state index in [1.54, 1.807) is 6.92 Å². The first-order valence-corrected chi connectivity index (χ1v) is 5.93. The molecular formula is C12H16BrNO2. The molecule has 1 aromatic rings. The van der Waals surface area contributed by atoms with Crippen molar-refractivity contribution in [2.75, 3.05) is 7.05 Å². The molecule has 1 N–H and O–H groups in total. The van der Waals surface area contributed by atoms with Crippen molar-refractivity contribution in [1.29, 1.82) is 0 Å². The number of halogens is 1. The smallest absolute Gasteiger partial charge is 0.320 e. The standard InChI is InChI=1S/C12H16BrNO2/c1-8(14(3)9(2)12(15)16)10-4-6-11(13)7-5-10/h4-9H,1-3H3,(H,15,16). The van der Waals surface area contributed by atoms with Crippen LogP contribution in [-0.2, 0) is 4.79 Å². The molecule has 0 saturated heterocycles. The van der Waals surface area contributed by atoms with Gasteiger partial charge >= 0.3 is 5.97 Å². The van der Waals surface area contributed by atoms with E-state index < -0.39 is 12.0 Å². The van der Waals surface area contributed by atoms with Crippen molar-refractivity contribution in [2.45, 2.75) is 25.9 Å². The summed E-state index contributed by atoms with van der Waals surface area (Å²) in [7, 11) is 1.82. The van der Waals surface area contributed by atoms with Gasteiger partial charge in [0.25, 0.3) is 0 Å². The third kappa shape index (κ3) is 3.06. The summed E-state index contributed by atoms with van der Waals surface area (Å²) in [5, 5.41) is 8.94. The van der Waals surface area contributed by atoms with Crippen molar-refractivity contribution >= 4 is 21.9 Å². The van der Waals surface area contributed by atoms with Crippen LogP contribution in [0.3, 0.4) is 0 Å². The Kier molecular flexibility index (Phi) is 4.50. The van der Waals surface area contributed by atoms with E-state index in [4.69, 9.17) is 5.11 Å². The minimum Gasteiger partial charge on any atom is -0.480 e. The Morgan fingerprint density at radius 2 is 1.81 bits per heavy atom. The predicted octanol–water partition coefficient (Wildman–Crippen LogP) is 2.92. The molecule has 16 heavy (non-hydrogen) atoms. The highest BCUT2D eigenvalue weighted by molar-refractivity contribution is 9.10. The molecule has 2 atom stereocenters. The van der Waals surface area contributed by atoms with Gasteiger partial charge in [0.2, 0.25) is 0 Å². The van der Waals surface area contributed by atoms with E-state index in [1.807, 2.05) is 43.1 Å². The number of carboxylic acid groups (broad SMARTS) is 1. The van der Waals surface area contributed by atoms with Crippen molar-refractivity contribution in [3.8, 4) is 0 Å². The molecule has 0 heterocycles. The van der Waals surface area contributed by atoms with E-state index in [0.29, 0.717) is 0 Å². The number of benzene rings is 1. The zero-order chi connectivity index (χ0) is 12.3. The second-order valence-electron chi connectivity index (χ2n) is 3.91. The summed E-state index contributed by atoms with van der Waals surface area (Å²) >= 11 is 3.38. The maximum absolute atomic E-state index is 10.9. The largest absolute Gasteiger partial charge is 0.480 e. The van der Waals surface area contributed by atoms with Crippen LogP contribution < -0.4 is 0 Å². The van der Waals surface area contributed by atoms with Crippen LogP contribution in [0.4, 0.5) is 0 Å². The fourth-order valence-corrected chi connectivity index (χ4v) is 1.75. The predicted molar refractivity (Wildman–Crippen MR) is 67.4 cm³/mol. The number of carboxylic acids is 1. The fraction of sp³-hybridized carbons (Fsp3) is 0.417. The molecule has 0 aliphatic rings. The molecule has 1 rings (SSSR count). The van der Waals surface area contributed by atoms with E-state index in [2.05, 4.69) is 15.9 Å². The number of likely N-dealkylation sites (N-methyl/N-ethyl adjacent to an activating group) is 1. The second-order valence-corrected chi connectivity index (χ2v) is 4.82. The van der Waals surface area contributed by atoms with Gasteiger partial charge < -0.3 is 5.11 Å². The van der Waals surface area contributed by atoms with Gasteiger partial charge in [0, 0.05) is 10.5 Å². The summed E-state index contributed by atoms with van der Waals surface area (Å²) in [6.07, 6.45) is 0. The molecule has 2 unspecified atom stereocenters. The first-order valence-electron chi connectivity index (χ1n) is 5.13. The minimum atomic E-state index is -0.800. The Labute approximate surface area is 104 Å². The molecule has 0 amide bonds. The summed E-state index contributed by atoms with van der Waals surface area (Å²) in [5.41, 5.74) is 1.11. The SMILES string of the molecule is CC(C(=O)O)N(C)C(C)c1ccc(Br)cc1. The Bertz CT molecular complexity index is 364. The van der Waals surface area contributed by atoms with E-state index >= 15 is 0 Å². The van der Waals surface area contributed by atoms with E-state index in [1.165, 1.54) is 0 Å². The Morgan fingerprint density at radius 3 is 2.25 bits per heavy atom. The van der Waals surface area contributed by atoms with Gasteiger partial charge in [-0.1, -0.05) is 28.1 Å². The Balaban J connectivity index is 2.81. The summed E-state index contributed by atoms with van der Waals surface area (Å²) in [4.78, 5) is 12.7. The average molecular weight is 286 g/mol. The maximum Gasteiger partial charge on any atom is 0.320 e. The third-order valence-electron chi connectivity index (χ3n) is 2.93. The number of hydrogen-bond acceptors (Lipinski definition) is 2. The molecule has 0 bridgehead atoms. The van der Waals surface area contributed by atoms with Crippen molar-refractivity contribution in [2.24, 2.45) is 0 Å². The average Bonchev–Trinajstić information content (AvgIpc) is 2.27. The topological polar surface area (TPSA) is 40.5 Å². The fourth-order valence-electron chi connectivity index (χ4n) is 1.49. The van der Waals surface area contributed by atoms with Gasteiger partial charge in [0.1, 0.15) is 6.04 Å². The number of carbonyl (C=O) groups is 1. The maximum atomic E-state index is 10.9. The molecule has 0 spiro atoms. The monoisotopic (exact) mass is 285 g/mol. The first-order chi connectivity index (χ1) is 7.43. The number of rotatable bonds is 4. The van der Waals surface area contributed by atoms with Gasteiger partial charge in [0.05, 0.1) is 0 Å². The minimum absolute atomic E-state index is 0.0826. The lowest BCUT2D eigenvalue weighted by atomic mass is 10.1. The molecule has 0 fully saturated rings. The molecule has 0 aromatic heterocycles. The Morgan fingerprint density at radius 1 is 1.31 bits per heavy atom. The summed E-state index contributed by atoms with van der Waals surface area (Å²) in [5.74, 6) is -0.800. The van der Waals surface area contributed by atoms with Crippen molar-refractivity contribution in [3.05, 3.63) is 34.3 Å². The summed E-state index contributed by atoms with van der Waals surface area (Å²) < 4.78 is 1.03. The quantitative estimate of drug-likeness (QED) is 0.925. The third-order valence-corrected chi connectivity index (χ3v) is 3.46. The van der Waals surface area contributed by atoms with Gasteiger partial charge in [-0.2, -0.15) is 0 Å². The first kappa shape index (κ1) is 13.2. The highest BCUT2D eigenvalue weighted by atomic mass is 79.9. The van der Waals surface area contributed by atoms with Crippen LogP contribution in [0.1, 0.15) is 25.5 Å². The molecule has 88 valence electrons. The summed E-state index contributed by atoms with van der Waals surface area (Å²) in [6, 6.07) is 7.52. The van der Waals surface area contributed by atoms with Crippen LogP contribution in [0.2, 0.25) is 0 Å². The number of aliphatic carboxylic acids is 1. The lowest BCUT2D eigenvalue weighted by Gasteiger charge is -2.28. The van der Waals surface area contributed by atoms with Gasteiger partial charge in [-0.25, -0.2) is 0 Å². The molecule has 3 nitrogen and oxygen atoms in total. The number of nitrogens with zero attached hydrogens (tertiary/aromatic N) is 1. The van der Waals surface area contributed by atoms with Crippen LogP contribution in [0.15, 0.2) is 28.7 Å². The highest BCUT2D eigenvalue weighted by Gasteiger charge is 2.22. The Hall–Kier alpha value is -0.870. The van der Waals surface area contributed by atoms with Crippen LogP contribution in [-0.4, -0.2) is 29.1 Å². The highest BCUT2D eigenvalue weighted by Crippen LogP contribution is 2.22. The lowest BCUT2D eigenvalue weighted by molar-refractivity contribution is -0.142. The van der Waals surface area contributed by atoms with Crippen molar-refractivity contribution in [3.63, 3.8) is 0 Å². The van der Waals surface area contributed by atoms with E-state index in [0.717, 1.165) is 10.0 Å². The van der Waals surface area contributed by atoms with Crippen LogP contribution in [0.25, 0.3) is 0 Å². The van der Waals surface area contributed by atoms with Crippen molar-refractivity contribution in [1.82, 2.24) is 4.90 Å². The molecule has 0 radical (unpaired) electrons. The molecule has 4 heteroatoms. The van der Waals surface area contributed by atoms with Gasteiger partial charge in [-0.05, 0) is 38.6 Å². The lowest BCUT2D eigenvalue weighted by Crippen LogP contribution is -2.37. The van der Waals surface area contributed by atoms with Crippen LogP contribution in [0, 0.1) is 0 Å². The van der Waals surface area contributed by atoms with E-state index in [9.17, 15) is 4.79 Å². The second kappa shape index (κ2) is 5.46. The zero-order valence-corrected chi connectivity index (χ0v) is 11.2. The van der Waals surface area contributed by atoms with Gasteiger partial charge in [0.15, 0.2) is 0 Å². The molecular weight excluding hydrogens is 270 g/mol. The van der Waals surface area contributed by atoms with Gasteiger partial charge in [-0.3, -0.25) is 9.69 Å². The normalized spacial score (nSPS) is 14.8. The summed E-state index contributed by atoms with van der Waals surface area (Å²) in [6.45, 7) is 3.69. The molecule has 1 aromatic carbocycles. The molecule has 0 aliphatic heterocycles.